The third-order valence-corrected chi connectivity index (χ3v) is 2.72. The topological polar surface area (TPSA) is 147 Å². The number of carbonyl (C=O) groups excluding carboxylic acids is 1. The summed E-state index contributed by atoms with van der Waals surface area (Å²) in [5.41, 5.74) is -0.317. The molecule has 0 aliphatic heterocycles. The maximum atomic E-state index is 11.0. The SMILES string of the molecule is CC(=O)N[C@@H](Cc1cccc(C(=O)O)c1O)[B-](O)(O)O. The van der Waals surface area contributed by atoms with Crippen LogP contribution in [0.25, 0.3) is 0 Å². The van der Waals surface area contributed by atoms with Crippen LogP contribution in [-0.4, -0.2) is 49.9 Å². The van der Waals surface area contributed by atoms with E-state index in [1.54, 1.807) is 0 Å². The summed E-state index contributed by atoms with van der Waals surface area (Å²) in [6.45, 7) is -2.76. The Bertz CT molecular complexity index is 526. The number of rotatable bonds is 5. The number of phenols is 1. The molecule has 110 valence electrons. The molecule has 0 aromatic heterocycles. The minimum absolute atomic E-state index is 0.0482. The zero-order chi connectivity index (χ0) is 15.5. The quantitative estimate of drug-likeness (QED) is 0.364. The Balaban J connectivity index is 3.09. The fraction of sp³-hybridized carbons (Fsp3) is 0.273. The number of nitrogens with one attached hydrogen (secondary N) is 1. The number of hydrogen-bond acceptors (Lipinski definition) is 6. The van der Waals surface area contributed by atoms with Gasteiger partial charge in [-0.3, -0.25) is 4.79 Å². The molecule has 1 aromatic rings. The van der Waals surface area contributed by atoms with Crippen molar-refractivity contribution in [1.82, 2.24) is 5.32 Å². The molecule has 0 spiro atoms. The second kappa shape index (κ2) is 5.91. The summed E-state index contributed by atoms with van der Waals surface area (Å²) >= 11 is 0. The van der Waals surface area contributed by atoms with Gasteiger partial charge >= 0.3 is 12.7 Å². The number of carboxylic acid groups (broad SMARTS) is 1. The maximum Gasteiger partial charge on any atom is 0.394 e. The van der Waals surface area contributed by atoms with Gasteiger partial charge in [-0.1, -0.05) is 12.1 Å². The molecular formula is C11H15BNO7-. The molecule has 1 aromatic carbocycles. The van der Waals surface area contributed by atoms with Crippen molar-refractivity contribution < 1.29 is 34.9 Å². The fourth-order valence-corrected chi connectivity index (χ4v) is 1.75. The number of aromatic carboxylic acids is 1. The molecule has 0 fully saturated rings. The Morgan fingerprint density at radius 2 is 1.90 bits per heavy atom. The van der Waals surface area contributed by atoms with E-state index in [0.717, 1.165) is 6.92 Å². The van der Waals surface area contributed by atoms with Gasteiger partial charge < -0.3 is 30.6 Å². The molecule has 0 radical (unpaired) electrons. The van der Waals surface area contributed by atoms with Crippen molar-refractivity contribution in [2.45, 2.75) is 19.3 Å². The largest absolute Gasteiger partial charge is 0.558 e. The van der Waals surface area contributed by atoms with Gasteiger partial charge in [-0.2, -0.15) is 0 Å². The van der Waals surface area contributed by atoms with Crippen LogP contribution >= 0.6 is 0 Å². The lowest BCUT2D eigenvalue weighted by Gasteiger charge is -2.32. The third kappa shape index (κ3) is 3.95. The van der Waals surface area contributed by atoms with Gasteiger partial charge in [0.2, 0.25) is 5.91 Å². The molecule has 20 heavy (non-hydrogen) atoms. The van der Waals surface area contributed by atoms with Gasteiger partial charge in [0.1, 0.15) is 11.3 Å². The van der Waals surface area contributed by atoms with E-state index in [0.29, 0.717) is 0 Å². The van der Waals surface area contributed by atoms with Gasteiger partial charge in [0, 0.05) is 6.92 Å². The Morgan fingerprint density at radius 3 is 2.35 bits per heavy atom. The summed E-state index contributed by atoms with van der Waals surface area (Å²) in [4.78, 5) is 21.8. The van der Waals surface area contributed by atoms with E-state index in [4.69, 9.17) is 5.11 Å². The lowest BCUT2D eigenvalue weighted by Crippen LogP contribution is -2.58. The Hall–Kier alpha value is -2.10. The molecule has 0 heterocycles. The molecule has 8 nitrogen and oxygen atoms in total. The van der Waals surface area contributed by atoms with Gasteiger partial charge in [-0.15, -0.1) is 0 Å². The molecule has 0 aliphatic carbocycles. The van der Waals surface area contributed by atoms with Gasteiger partial charge in [0.25, 0.3) is 0 Å². The number of carboxylic acids is 1. The molecule has 0 bridgehead atoms. The molecule has 1 atom stereocenters. The number of amides is 1. The van der Waals surface area contributed by atoms with Crippen LogP contribution in [0.15, 0.2) is 18.2 Å². The summed E-state index contributed by atoms with van der Waals surface area (Å²) in [5, 5.41) is 48.4. The summed E-state index contributed by atoms with van der Waals surface area (Å²) in [7, 11) is 0. The second-order valence-electron chi connectivity index (χ2n) is 4.42. The molecule has 0 aliphatic rings. The molecule has 1 amide bonds. The summed E-state index contributed by atoms with van der Waals surface area (Å²) in [6.07, 6.45) is -0.351. The van der Waals surface area contributed by atoms with Crippen molar-refractivity contribution in [3.8, 4) is 5.75 Å². The number of para-hydroxylation sites is 1. The van der Waals surface area contributed by atoms with Crippen molar-refractivity contribution in [2.24, 2.45) is 0 Å². The lowest BCUT2D eigenvalue weighted by atomic mass is 9.67. The molecule has 0 saturated heterocycles. The normalized spacial score (nSPS) is 12.8. The van der Waals surface area contributed by atoms with E-state index in [-0.39, 0.29) is 17.5 Å². The van der Waals surface area contributed by atoms with Crippen molar-refractivity contribution in [2.75, 3.05) is 0 Å². The Kier molecular flexibility index (Phi) is 4.71. The first-order chi connectivity index (χ1) is 9.12. The van der Waals surface area contributed by atoms with Crippen molar-refractivity contribution >= 4 is 18.6 Å². The van der Waals surface area contributed by atoms with Crippen LogP contribution in [0.1, 0.15) is 22.8 Å². The molecular weight excluding hydrogens is 269 g/mol. The van der Waals surface area contributed by atoms with Gasteiger partial charge in [-0.25, -0.2) is 4.79 Å². The maximum absolute atomic E-state index is 11.0. The molecule has 0 saturated carbocycles. The highest BCUT2D eigenvalue weighted by atomic mass is 16.5. The predicted molar refractivity (Wildman–Crippen MR) is 68.8 cm³/mol. The van der Waals surface area contributed by atoms with Crippen LogP contribution in [0.3, 0.4) is 0 Å². The van der Waals surface area contributed by atoms with E-state index in [1.165, 1.54) is 18.2 Å². The number of benzene rings is 1. The highest BCUT2D eigenvalue weighted by Gasteiger charge is 2.30. The van der Waals surface area contributed by atoms with Crippen molar-refractivity contribution in [1.29, 1.82) is 0 Å². The summed E-state index contributed by atoms with van der Waals surface area (Å²) in [5.74, 6) is -4.00. The summed E-state index contributed by atoms with van der Waals surface area (Å²) < 4.78 is 0. The lowest BCUT2D eigenvalue weighted by molar-refractivity contribution is -0.119. The number of carbonyl (C=O) groups is 2. The van der Waals surface area contributed by atoms with Crippen LogP contribution in [0.2, 0.25) is 0 Å². The number of aromatic hydroxyl groups is 1. The van der Waals surface area contributed by atoms with E-state index < -0.39 is 30.3 Å². The third-order valence-electron chi connectivity index (χ3n) is 2.72. The molecule has 9 heteroatoms. The molecule has 0 unspecified atom stereocenters. The average Bonchev–Trinajstić information content (AvgIpc) is 2.28. The highest BCUT2D eigenvalue weighted by Crippen LogP contribution is 2.24. The van der Waals surface area contributed by atoms with E-state index in [2.05, 4.69) is 5.32 Å². The minimum atomic E-state index is -3.88. The van der Waals surface area contributed by atoms with Crippen LogP contribution in [-0.2, 0) is 11.2 Å². The first-order valence-corrected chi connectivity index (χ1v) is 5.76. The second-order valence-corrected chi connectivity index (χ2v) is 4.42. The first-order valence-electron chi connectivity index (χ1n) is 5.76. The fourth-order valence-electron chi connectivity index (χ4n) is 1.75. The van der Waals surface area contributed by atoms with Gasteiger partial charge in [-0.05, 0) is 24.0 Å². The van der Waals surface area contributed by atoms with Gasteiger partial charge in [0.05, 0.1) is 0 Å². The van der Waals surface area contributed by atoms with Crippen molar-refractivity contribution in [3.05, 3.63) is 29.3 Å². The standard InChI is InChI=1S/C11H15BNO7/c1-6(14)13-9(12(18,19)20)5-7-3-2-4-8(10(7)15)11(16)17/h2-4,9,15,18-20H,5H2,1H3,(H,13,14)(H,16,17)/q-1/t9-/m0/s1. The predicted octanol–water partition coefficient (Wildman–Crippen LogP) is -1.41. The minimum Gasteiger partial charge on any atom is -0.558 e. The van der Waals surface area contributed by atoms with Crippen LogP contribution < -0.4 is 5.32 Å². The first kappa shape index (κ1) is 16.0. The molecule has 1 rings (SSSR count). The Labute approximate surface area is 114 Å². The summed E-state index contributed by atoms with van der Waals surface area (Å²) in [6, 6.07) is 3.87. The van der Waals surface area contributed by atoms with Crippen LogP contribution in [0.4, 0.5) is 0 Å². The number of hydrogen-bond donors (Lipinski definition) is 6. The molecule has 6 N–H and O–H groups in total. The highest BCUT2D eigenvalue weighted by molar-refractivity contribution is 6.58. The van der Waals surface area contributed by atoms with E-state index >= 15 is 0 Å². The van der Waals surface area contributed by atoms with Crippen molar-refractivity contribution in [3.63, 3.8) is 0 Å². The van der Waals surface area contributed by atoms with Crippen LogP contribution in [0.5, 0.6) is 5.75 Å². The zero-order valence-electron chi connectivity index (χ0n) is 10.6. The van der Waals surface area contributed by atoms with E-state index in [1.807, 2.05) is 0 Å². The zero-order valence-corrected chi connectivity index (χ0v) is 10.6. The van der Waals surface area contributed by atoms with Crippen LogP contribution in [0, 0.1) is 0 Å². The Morgan fingerprint density at radius 1 is 1.30 bits per heavy atom. The van der Waals surface area contributed by atoms with Gasteiger partial charge in [0.15, 0.2) is 0 Å². The smallest absolute Gasteiger partial charge is 0.394 e. The van der Waals surface area contributed by atoms with E-state index in [9.17, 15) is 29.8 Å². The monoisotopic (exact) mass is 284 g/mol. The average molecular weight is 284 g/mol.